The highest BCUT2D eigenvalue weighted by atomic mass is 32.1. The molecule has 3 heterocycles. The maximum atomic E-state index is 13.1. The predicted octanol–water partition coefficient (Wildman–Crippen LogP) is 5.30. The van der Waals surface area contributed by atoms with Gasteiger partial charge in [0.25, 0.3) is 5.91 Å². The van der Waals surface area contributed by atoms with Gasteiger partial charge in [-0.3, -0.25) is 4.79 Å². The molecule has 34 heavy (non-hydrogen) atoms. The van der Waals surface area contributed by atoms with Gasteiger partial charge in [-0.05, 0) is 61.4 Å². The number of fused-ring (bicyclic) bond motifs is 3. The maximum Gasteiger partial charge on any atom is 0.253 e. The molecule has 0 radical (unpaired) electrons. The molecule has 1 saturated heterocycles. The lowest BCUT2D eigenvalue weighted by molar-refractivity contribution is 0.0746. The molecule has 1 fully saturated rings. The Hall–Kier alpha value is -2.67. The second-order valence-corrected chi connectivity index (χ2v) is 10.8. The average molecular weight is 479 g/mol. The minimum Gasteiger partial charge on any atom is -0.497 e. The van der Waals surface area contributed by atoms with Crippen LogP contribution in [0.4, 0.5) is 5.82 Å². The van der Waals surface area contributed by atoms with E-state index in [1.165, 1.54) is 22.2 Å². The van der Waals surface area contributed by atoms with E-state index in [-0.39, 0.29) is 5.91 Å². The highest BCUT2D eigenvalue weighted by molar-refractivity contribution is 7.19. The first kappa shape index (κ1) is 23.1. The van der Waals surface area contributed by atoms with E-state index >= 15 is 0 Å². The van der Waals surface area contributed by atoms with Crippen molar-refractivity contribution in [3.8, 4) is 5.75 Å². The van der Waals surface area contributed by atoms with Gasteiger partial charge >= 0.3 is 0 Å². The molecule has 0 saturated carbocycles. The summed E-state index contributed by atoms with van der Waals surface area (Å²) in [5.41, 5.74) is 2.18. The Morgan fingerprint density at radius 1 is 1.18 bits per heavy atom. The number of rotatable bonds is 5. The van der Waals surface area contributed by atoms with Crippen LogP contribution in [0.2, 0.25) is 0 Å². The Bertz CT molecular complexity index is 1180. The van der Waals surface area contributed by atoms with E-state index in [2.05, 4.69) is 25.7 Å². The minimum absolute atomic E-state index is 0.0809. The van der Waals surface area contributed by atoms with Gasteiger partial charge < -0.3 is 14.5 Å². The van der Waals surface area contributed by atoms with Gasteiger partial charge in [-0.1, -0.05) is 20.8 Å². The standard InChI is InChI=1S/C27H34N4O2S/c1-5-18(3)24-28-25(23-21-11-6-17(2)16-22(21)34-26(23)29-24)30-12-14-31(15-13-30)27(32)19-7-9-20(33-4)10-8-19/h7-10,17-18H,5-6,11-16H2,1-4H3/t17-,18+/m1/s1. The molecule has 2 aromatic heterocycles. The maximum absolute atomic E-state index is 13.1. The number of carbonyl (C=O) groups is 1. The van der Waals surface area contributed by atoms with Gasteiger partial charge in [-0.2, -0.15) is 0 Å². The number of methoxy groups -OCH3 is 1. The number of nitrogens with zero attached hydrogens (tertiary/aromatic N) is 4. The van der Waals surface area contributed by atoms with Crippen molar-refractivity contribution in [2.24, 2.45) is 5.92 Å². The molecule has 1 aliphatic heterocycles. The van der Waals surface area contributed by atoms with Gasteiger partial charge in [0.05, 0.1) is 12.5 Å². The fraction of sp³-hybridized carbons (Fsp3) is 0.519. The summed E-state index contributed by atoms with van der Waals surface area (Å²) in [6.07, 6.45) is 4.52. The molecule has 0 bridgehead atoms. The Morgan fingerprint density at radius 2 is 1.91 bits per heavy atom. The Kier molecular flexibility index (Phi) is 6.47. The van der Waals surface area contributed by atoms with E-state index < -0.39 is 0 Å². The molecule has 6 nitrogen and oxygen atoms in total. The number of amides is 1. The van der Waals surface area contributed by atoms with E-state index in [0.717, 1.165) is 60.5 Å². The first-order chi connectivity index (χ1) is 16.5. The lowest BCUT2D eigenvalue weighted by Crippen LogP contribution is -2.49. The number of anilines is 1. The average Bonchev–Trinajstić information content (AvgIpc) is 3.24. The molecule has 1 amide bonds. The summed E-state index contributed by atoms with van der Waals surface area (Å²) < 4.78 is 5.22. The number of hydrogen-bond donors (Lipinski definition) is 0. The highest BCUT2D eigenvalue weighted by Gasteiger charge is 2.29. The molecular weight excluding hydrogens is 444 g/mol. The Labute approximate surface area is 206 Å². The fourth-order valence-corrected chi connectivity index (χ4v) is 6.39. The summed E-state index contributed by atoms with van der Waals surface area (Å²) in [4.78, 5) is 30.2. The number of carbonyl (C=O) groups excluding carboxylic acids is 1. The summed E-state index contributed by atoms with van der Waals surface area (Å²) >= 11 is 1.88. The van der Waals surface area contributed by atoms with Gasteiger partial charge in [0, 0.05) is 42.5 Å². The number of benzene rings is 1. The van der Waals surface area contributed by atoms with Crippen LogP contribution in [-0.4, -0.2) is 54.1 Å². The number of thiophene rings is 1. The molecule has 2 atom stereocenters. The number of aryl methyl sites for hydroxylation is 1. The van der Waals surface area contributed by atoms with E-state index in [0.29, 0.717) is 24.6 Å². The van der Waals surface area contributed by atoms with Gasteiger partial charge in [0.15, 0.2) is 0 Å². The third-order valence-corrected chi connectivity index (χ3v) is 8.56. The van der Waals surface area contributed by atoms with Crippen LogP contribution in [-0.2, 0) is 12.8 Å². The zero-order valence-electron chi connectivity index (χ0n) is 20.6. The van der Waals surface area contributed by atoms with Gasteiger partial charge in [-0.25, -0.2) is 9.97 Å². The molecule has 1 aromatic carbocycles. The van der Waals surface area contributed by atoms with Gasteiger partial charge in [0.2, 0.25) is 0 Å². The van der Waals surface area contributed by atoms with Crippen molar-refractivity contribution in [2.75, 3.05) is 38.2 Å². The lowest BCUT2D eigenvalue weighted by Gasteiger charge is -2.36. The van der Waals surface area contributed by atoms with E-state index in [1.807, 2.05) is 40.5 Å². The van der Waals surface area contributed by atoms with Crippen LogP contribution >= 0.6 is 11.3 Å². The lowest BCUT2D eigenvalue weighted by atomic mass is 9.89. The normalized spacial score (nSPS) is 19.2. The summed E-state index contributed by atoms with van der Waals surface area (Å²) in [6.45, 7) is 9.72. The monoisotopic (exact) mass is 478 g/mol. The van der Waals surface area contributed by atoms with Crippen LogP contribution in [0.3, 0.4) is 0 Å². The van der Waals surface area contributed by atoms with Crippen molar-refractivity contribution in [1.82, 2.24) is 14.9 Å². The zero-order valence-corrected chi connectivity index (χ0v) is 21.5. The van der Waals surface area contributed by atoms with Gasteiger partial charge in [-0.15, -0.1) is 11.3 Å². The quantitative estimate of drug-likeness (QED) is 0.498. The molecule has 0 unspecified atom stereocenters. The van der Waals surface area contributed by atoms with Crippen molar-refractivity contribution in [3.63, 3.8) is 0 Å². The number of ether oxygens (including phenoxy) is 1. The minimum atomic E-state index is 0.0809. The Morgan fingerprint density at radius 3 is 2.59 bits per heavy atom. The fourth-order valence-electron chi connectivity index (χ4n) is 5.01. The number of hydrogen-bond acceptors (Lipinski definition) is 6. The van der Waals surface area contributed by atoms with Crippen LogP contribution in [0, 0.1) is 5.92 Å². The van der Waals surface area contributed by atoms with Gasteiger partial charge in [0.1, 0.15) is 22.2 Å². The molecule has 0 spiro atoms. The van der Waals surface area contributed by atoms with Crippen LogP contribution < -0.4 is 9.64 Å². The molecule has 180 valence electrons. The third kappa shape index (κ3) is 4.26. The second kappa shape index (κ2) is 9.53. The summed E-state index contributed by atoms with van der Waals surface area (Å²) in [5.74, 6) is 3.95. The van der Waals surface area contributed by atoms with Crippen LogP contribution in [0.5, 0.6) is 5.75 Å². The predicted molar refractivity (Wildman–Crippen MR) is 138 cm³/mol. The first-order valence-corrected chi connectivity index (χ1v) is 13.3. The summed E-state index contributed by atoms with van der Waals surface area (Å²) in [5, 5.41) is 1.27. The van der Waals surface area contributed by atoms with Crippen molar-refractivity contribution in [3.05, 3.63) is 46.1 Å². The summed E-state index contributed by atoms with van der Waals surface area (Å²) in [6, 6.07) is 7.38. The van der Waals surface area contributed by atoms with E-state index in [9.17, 15) is 4.79 Å². The van der Waals surface area contributed by atoms with Crippen molar-refractivity contribution < 1.29 is 9.53 Å². The highest BCUT2D eigenvalue weighted by Crippen LogP contribution is 2.42. The van der Waals surface area contributed by atoms with Crippen molar-refractivity contribution >= 4 is 33.3 Å². The van der Waals surface area contributed by atoms with Crippen molar-refractivity contribution in [2.45, 2.75) is 52.4 Å². The topological polar surface area (TPSA) is 58.6 Å². The zero-order chi connectivity index (χ0) is 23.8. The molecule has 3 aromatic rings. The smallest absolute Gasteiger partial charge is 0.253 e. The van der Waals surface area contributed by atoms with Crippen LogP contribution in [0.15, 0.2) is 24.3 Å². The SMILES string of the molecule is CC[C@H](C)c1nc(N2CCN(C(=O)c3ccc(OC)cc3)CC2)c2c3c(sc2n1)C[C@H](C)CC3. The number of aromatic nitrogens is 2. The molecule has 0 N–H and O–H groups in total. The van der Waals surface area contributed by atoms with E-state index in [1.54, 1.807) is 7.11 Å². The van der Waals surface area contributed by atoms with Crippen LogP contribution in [0.1, 0.15) is 66.2 Å². The molecule has 7 heteroatoms. The number of piperazine rings is 1. The van der Waals surface area contributed by atoms with Crippen molar-refractivity contribution in [1.29, 1.82) is 0 Å². The first-order valence-electron chi connectivity index (χ1n) is 12.5. The third-order valence-electron chi connectivity index (χ3n) is 7.41. The van der Waals surface area contributed by atoms with E-state index in [4.69, 9.17) is 14.7 Å². The molecule has 1 aliphatic carbocycles. The largest absolute Gasteiger partial charge is 0.497 e. The molecular formula is C27H34N4O2S. The molecule has 2 aliphatic rings. The molecule has 5 rings (SSSR count). The van der Waals surface area contributed by atoms with Crippen LogP contribution in [0.25, 0.3) is 10.2 Å². The Balaban J connectivity index is 1.42. The second-order valence-electron chi connectivity index (χ2n) is 9.75. The summed E-state index contributed by atoms with van der Waals surface area (Å²) in [7, 11) is 1.64.